The summed E-state index contributed by atoms with van der Waals surface area (Å²) >= 11 is 0. The van der Waals surface area contributed by atoms with Crippen molar-refractivity contribution < 1.29 is 23.1 Å². The molecule has 8 nitrogen and oxygen atoms in total. The lowest BCUT2D eigenvalue weighted by atomic mass is 10.0. The Morgan fingerprint density at radius 3 is 2.50 bits per heavy atom. The Kier molecular flexibility index (Phi) is 5.84. The van der Waals surface area contributed by atoms with Crippen molar-refractivity contribution in [3.05, 3.63) is 54.1 Å². The summed E-state index contributed by atoms with van der Waals surface area (Å²) in [6.07, 6.45) is 4.37. The van der Waals surface area contributed by atoms with Crippen LogP contribution in [0.25, 0.3) is 0 Å². The van der Waals surface area contributed by atoms with Gasteiger partial charge in [0.05, 0.1) is 18.5 Å². The Labute approximate surface area is 171 Å². The van der Waals surface area contributed by atoms with Gasteiger partial charge in [-0.2, -0.15) is 8.78 Å². The predicted molar refractivity (Wildman–Crippen MR) is 101 cm³/mol. The van der Waals surface area contributed by atoms with Crippen molar-refractivity contribution in [3.8, 4) is 5.75 Å². The van der Waals surface area contributed by atoms with Crippen molar-refractivity contribution in [2.24, 2.45) is 5.92 Å². The highest BCUT2D eigenvalue weighted by Crippen LogP contribution is 2.41. The van der Waals surface area contributed by atoms with Crippen LogP contribution < -0.4 is 20.7 Å². The SMILES string of the molecule is O=C1CC(C(=O)N[C@@H](c2ccc(OC(F)F)cc2)C2CC2)NC(c2ncccn2)N1. The molecule has 2 fully saturated rings. The fourth-order valence-electron chi connectivity index (χ4n) is 3.49. The number of carbonyl (C=O) groups is 2. The van der Waals surface area contributed by atoms with Crippen LogP contribution in [0.4, 0.5) is 8.78 Å². The molecule has 2 aromatic rings. The Morgan fingerprint density at radius 2 is 1.87 bits per heavy atom. The molecule has 1 saturated carbocycles. The first-order chi connectivity index (χ1) is 14.5. The van der Waals surface area contributed by atoms with E-state index in [0.717, 1.165) is 18.4 Å². The summed E-state index contributed by atoms with van der Waals surface area (Å²) in [6.45, 7) is -2.89. The monoisotopic (exact) mass is 417 g/mol. The molecule has 3 atom stereocenters. The van der Waals surface area contributed by atoms with Crippen molar-refractivity contribution in [1.82, 2.24) is 25.9 Å². The van der Waals surface area contributed by atoms with Crippen LogP contribution in [0, 0.1) is 5.92 Å². The quantitative estimate of drug-likeness (QED) is 0.635. The first-order valence-corrected chi connectivity index (χ1v) is 9.67. The van der Waals surface area contributed by atoms with Crippen molar-refractivity contribution in [2.45, 2.75) is 44.1 Å². The number of nitrogens with zero attached hydrogens (tertiary/aromatic N) is 2. The van der Waals surface area contributed by atoms with E-state index in [1.54, 1.807) is 30.6 Å². The Balaban J connectivity index is 1.44. The minimum atomic E-state index is -2.89. The zero-order valence-corrected chi connectivity index (χ0v) is 15.9. The molecule has 1 aromatic heterocycles. The molecule has 10 heteroatoms. The van der Waals surface area contributed by atoms with Crippen LogP contribution in [0.5, 0.6) is 5.75 Å². The lowest BCUT2D eigenvalue weighted by molar-refractivity contribution is -0.132. The van der Waals surface area contributed by atoms with Crippen molar-refractivity contribution in [3.63, 3.8) is 0 Å². The van der Waals surface area contributed by atoms with E-state index in [1.165, 1.54) is 12.1 Å². The molecule has 2 aliphatic rings. The van der Waals surface area contributed by atoms with Gasteiger partial charge in [-0.25, -0.2) is 9.97 Å². The van der Waals surface area contributed by atoms with Gasteiger partial charge in [0.2, 0.25) is 11.8 Å². The zero-order chi connectivity index (χ0) is 21.1. The summed E-state index contributed by atoms with van der Waals surface area (Å²) in [4.78, 5) is 33.3. The average Bonchev–Trinajstić information content (AvgIpc) is 3.57. The number of benzene rings is 1. The van der Waals surface area contributed by atoms with Crippen molar-refractivity contribution >= 4 is 11.8 Å². The van der Waals surface area contributed by atoms with Crippen molar-refractivity contribution in [1.29, 1.82) is 0 Å². The van der Waals surface area contributed by atoms with Crippen LogP contribution in [-0.4, -0.2) is 34.4 Å². The molecular weight excluding hydrogens is 396 g/mol. The Morgan fingerprint density at radius 1 is 1.17 bits per heavy atom. The number of hydrogen-bond acceptors (Lipinski definition) is 6. The van der Waals surface area contributed by atoms with E-state index >= 15 is 0 Å². The maximum atomic E-state index is 12.9. The molecule has 158 valence electrons. The minimum Gasteiger partial charge on any atom is -0.435 e. The van der Waals surface area contributed by atoms with E-state index in [-0.39, 0.29) is 35.9 Å². The normalized spacial score (nSPS) is 22.3. The maximum Gasteiger partial charge on any atom is 0.387 e. The lowest BCUT2D eigenvalue weighted by Gasteiger charge is -2.31. The van der Waals surface area contributed by atoms with Gasteiger partial charge in [0.15, 0.2) is 5.82 Å². The zero-order valence-electron chi connectivity index (χ0n) is 15.9. The van der Waals surface area contributed by atoms with Gasteiger partial charge in [0.25, 0.3) is 0 Å². The van der Waals surface area contributed by atoms with Gasteiger partial charge in [-0.1, -0.05) is 12.1 Å². The first kappa shape index (κ1) is 20.1. The molecule has 30 heavy (non-hydrogen) atoms. The molecule has 2 amide bonds. The van der Waals surface area contributed by atoms with Crippen LogP contribution in [-0.2, 0) is 9.59 Å². The van der Waals surface area contributed by atoms with E-state index in [1.807, 2.05) is 0 Å². The summed E-state index contributed by atoms with van der Waals surface area (Å²) in [5, 5.41) is 8.81. The minimum absolute atomic E-state index is 0.00623. The number of hydrogen-bond donors (Lipinski definition) is 3. The number of amides is 2. The van der Waals surface area contributed by atoms with Crippen LogP contribution in [0.15, 0.2) is 42.7 Å². The topological polar surface area (TPSA) is 105 Å². The van der Waals surface area contributed by atoms with Gasteiger partial charge >= 0.3 is 6.61 Å². The molecule has 0 bridgehead atoms. The van der Waals surface area contributed by atoms with E-state index in [2.05, 4.69) is 30.7 Å². The lowest BCUT2D eigenvalue weighted by Crippen LogP contribution is -2.57. The molecule has 1 saturated heterocycles. The Hall–Kier alpha value is -3.14. The molecule has 3 N–H and O–H groups in total. The van der Waals surface area contributed by atoms with Crippen LogP contribution >= 0.6 is 0 Å². The van der Waals surface area contributed by atoms with Gasteiger partial charge in [-0.15, -0.1) is 0 Å². The molecule has 4 rings (SSSR count). The molecule has 1 aliphatic heterocycles. The summed E-state index contributed by atoms with van der Waals surface area (Å²) in [5.41, 5.74) is 0.802. The Bertz CT molecular complexity index is 893. The molecule has 1 aromatic carbocycles. The fraction of sp³-hybridized carbons (Fsp3) is 0.400. The molecular formula is C20H21F2N5O3. The summed E-state index contributed by atoms with van der Waals surface area (Å²) in [6, 6.07) is 6.91. The number of aromatic nitrogens is 2. The van der Waals surface area contributed by atoms with Gasteiger partial charge < -0.3 is 15.4 Å². The van der Waals surface area contributed by atoms with Crippen LogP contribution in [0.2, 0.25) is 0 Å². The standard InChI is InChI=1S/C20H21F2N5O3/c21-20(22)30-13-6-4-12(5-7-13)16(11-2-3-11)27-19(29)14-10-15(28)26-18(25-14)17-23-8-1-9-24-17/h1,4-9,11,14,16,18,20,25H,2-3,10H2,(H,26,28)(H,27,29)/t14?,16-,18?/m1/s1. The highest BCUT2D eigenvalue weighted by atomic mass is 19.3. The number of halogens is 2. The fourth-order valence-corrected chi connectivity index (χ4v) is 3.49. The van der Waals surface area contributed by atoms with Crippen molar-refractivity contribution in [2.75, 3.05) is 0 Å². The van der Waals surface area contributed by atoms with Crippen LogP contribution in [0.1, 0.15) is 42.9 Å². The summed E-state index contributed by atoms with van der Waals surface area (Å²) in [7, 11) is 0. The highest BCUT2D eigenvalue weighted by molar-refractivity contribution is 5.89. The largest absolute Gasteiger partial charge is 0.435 e. The second-order valence-electron chi connectivity index (χ2n) is 7.30. The second-order valence-corrected chi connectivity index (χ2v) is 7.30. The smallest absolute Gasteiger partial charge is 0.387 e. The first-order valence-electron chi connectivity index (χ1n) is 9.67. The molecule has 2 heterocycles. The van der Waals surface area contributed by atoms with E-state index in [4.69, 9.17) is 0 Å². The third-order valence-electron chi connectivity index (χ3n) is 5.08. The maximum absolute atomic E-state index is 12.9. The average molecular weight is 417 g/mol. The van der Waals surface area contributed by atoms with Gasteiger partial charge in [0.1, 0.15) is 11.9 Å². The van der Waals surface area contributed by atoms with E-state index in [9.17, 15) is 18.4 Å². The van der Waals surface area contributed by atoms with E-state index < -0.39 is 18.8 Å². The van der Waals surface area contributed by atoms with Gasteiger partial charge in [-0.3, -0.25) is 14.9 Å². The number of ether oxygens (including phenoxy) is 1. The molecule has 0 spiro atoms. The van der Waals surface area contributed by atoms with Gasteiger partial charge in [-0.05, 0) is 42.5 Å². The predicted octanol–water partition coefficient (Wildman–Crippen LogP) is 1.82. The number of alkyl halides is 2. The molecule has 2 unspecified atom stereocenters. The third-order valence-corrected chi connectivity index (χ3v) is 5.08. The molecule has 0 radical (unpaired) electrons. The second kappa shape index (κ2) is 8.70. The molecule has 1 aliphatic carbocycles. The summed E-state index contributed by atoms with van der Waals surface area (Å²) in [5.74, 6) is 0.113. The number of nitrogens with one attached hydrogen (secondary N) is 3. The van der Waals surface area contributed by atoms with Gasteiger partial charge in [0, 0.05) is 12.4 Å². The summed E-state index contributed by atoms with van der Waals surface area (Å²) < 4.78 is 29.1. The highest BCUT2D eigenvalue weighted by Gasteiger charge is 2.37. The number of carbonyl (C=O) groups excluding carboxylic acids is 2. The number of rotatable bonds is 7. The third kappa shape index (κ3) is 4.88. The van der Waals surface area contributed by atoms with Crippen LogP contribution in [0.3, 0.4) is 0 Å². The van der Waals surface area contributed by atoms with E-state index in [0.29, 0.717) is 5.82 Å².